The summed E-state index contributed by atoms with van der Waals surface area (Å²) in [7, 11) is 1.24. The summed E-state index contributed by atoms with van der Waals surface area (Å²) in [6.45, 7) is 11.6. The first-order valence-electron chi connectivity index (χ1n) is 6.35. The Labute approximate surface area is 107 Å². The monoisotopic (exact) mass is 258 g/mol. The second-order valence-corrected chi connectivity index (χ2v) is 6.99. The molecule has 0 aliphatic carbocycles. The molecular weight excluding hydrogens is 232 g/mol. The summed E-state index contributed by atoms with van der Waals surface area (Å²) in [5.74, 6) is -0.260. The summed E-state index contributed by atoms with van der Waals surface area (Å²) in [5.41, 5.74) is 1.13. The van der Waals surface area contributed by atoms with Gasteiger partial charge in [-0.25, -0.2) is 4.79 Å². The smallest absolute Gasteiger partial charge is 0.333 e. The van der Waals surface area contributed by atoms with Crippen molar-refractivity contribution in [1.29, 1.82) is 0 Å². The van der Waals surface area contributed by atoms with Crippen molar-refractivity contribution in [1.82, 2.24) is 0 Å². The fourth-order valence-corrected chi connectivity index (χ4v) is 3.94. The highest BCUT2D eigenvalue weighted by molar-refractivity contribution is 6.39. The van der Waals surface area contributed by atoms with Gasteiger partial charge in [0.25, 0.3) is 0 Å². The standard InChI is InChI=1S/C13H26O3Si/c1-7-11(10(5)15-6)17-12(8-2)16-13(14)9(3)4/h10-12H,3,7-8,17H2,1-2,4-6H3. The highest BCUT2D eigenvalue weighted by atomic mass is 28.2. The Bertz CT molecular complexity index is 253. The molecule has 0 spiro atoms. The average Bonchev–Trinajstić information content (AvgIpc) is 2.32. The van der Waals surface area contributed by atoms with Gasteiger partial charge in [0.1, 0.15) is 0 Å². The van der Waals surface area contributed by atoms with Crippen molar-refractivity contribution in [3.05, 3.63) is 12.2 Å². The van der Waals surface area contributed by atoms with Gasteiger partial charge in [0.2, 0.25) is 0 Å². The number of esters is 1. The van der Waals surface area contributed by atoms with Gasteiger partial charge in [-0.05, 0) is 25.8 Å². The predicted octanol–water partition coefficient (Wildman–Crippen LogP) is 2.24. The van der Waals surface area contributed by atoms with Crippen LogP contribution in [0.1, 0.15) is 40.5 Å². The largest absolute Gasteiger partial charge is 0.464 e. The molecule has 3 atom stereocenters. The number of rotatable bonds is 8. The molecule has 0 N–H and O–H groups in total. The normalized spacial score (nSPS) is 16.8. The van der Waals surface area contributed by atoms with Crippen LogP contribution < -0.4 is 0 Å². The molecule has 0 aromatic carbocycles. The van der Waals surface area contributed by atoms with Gasteiger partial charge in [-0.1, -0.05) is 26.8 Å². The summed E-state index contributed by atoms with van der Waals surface area (Å²) in [5, 5.41) is 0. The van der Waals surface area contributed by atoms with Crippen LogP contribution in [0.25, 0.3) is 0 Å². The second kappa shape index (κ2) is 8.47. The predicted molar refractivity (Wildman–Crippen MR) is 74.0 cm³/mol. The molecule has 0 aliphatic rings. The van der Waals surface area contributed by atoms with E-state index in [0.717, 1.165) is 12.8 Å². The van der Waals surface area contributed by atoms with Crippen LogP contribution in [0.15, 0.2) is 12.2 Å². The van der Waals surface area contributed by atoms with Gasteiger partial charge in [0.05, 0.1) is 21.4 Å². The minimum atomic E-state index is -0.503. The molecule has 100 valence electrons. The third-order valence-corrected chi connectivity index (χ3v) is 6.32. The summed E-state index contributed by atoms with van der Waals surface area (Å²) >= 11 is 0. The number of carbonyl (C=O) groups is 1. The minimum absolute atomic E-state index is 0.0988. The van der Waals surface area contributed by atoms with E-state index in [9.17, 15) is 4.79 Å². The summed E-state index contributed by atoms with van der Waals surface area (Å²) < 4.78 is 10.8. The molecule has 0 aromatic rings. The maximum Gasteiger partial charge on any atom is 0.333 e. The van der Waals surface area contributed by atoms with E-state index in [1.165, 1.54) is 0 Å². The number of hydrogen-bond donors (Lipinski definition) is 0. The molecule has 0 radical (unpaired) electrons. The van der Waals surface area contributed by atoms with Crippen molar-refractivity contribution >= 4 is 15.5 Å². The lowest BCUT2D eigenvalue weighted by atomic mass is 10.2. The second-order valence-electron chi connectivity index (χ2n) is 4.56. The van der Waals surface area contributed by atoms with Crippen molar-refractivity contribution in [3.8, 4) is 0 Å². The van der Waals surface area contributed by atoms with Gasteiger partial charge < -0.3 is 9.47 Å². The topological polar surface area (TPSA) is 35.5 Å². The van der Waals surface area contributed by atoms with E-state index in [0.29, 0.717) is 11.1 Å². The average molecular weight is 258 g/mol. The Morgan fingerprint density at radius 2 is 1.94 bits per heavy atom. The number of hydrogen-bond acceptors (Lipinski definition) is 3. The first-order chi connectivity index (χ1) is 7.96. The van der Waals surface area contributed by atoms with E-state index in [1.807, 2.05) is 0 Å². The Kier molecular flexibility index (Phi) is 8.17. The van der Waals surface area contributed by atoms with Crippen molar-refractivity contribution in [2.75, 3.05) is 7.11 Å². The van der Waals surface area contributed by atoms with Crippen molar-refractivity contribution in [3.63, 3.8) is 0 Å². The maximum atomic E-state index is 11.5. The third-order valence-electron chi connectivity index (χ3n) is 3.20. The summed E-state index contributed by atoms with van der Waals surface area (Å²) in [6.07, 6.45) is 2.23. The zero-order valence-electron chi connectivity index (χ0n) is 11.8. The summed E-state index contributed by atoms with van der Waals surface area (Å²) in [6, 6.07) is 0. The van der Waals surface area contributed by atoms with Gasteiger partial charge in [-0.2, -0.15) is 0 Å². The summed E-state index contributed by atoms with van der Waals surface area (Å²) in [4.78, 5) is 11.5. The van der Waals surface area contributed by atoms with E-state index < -0.39 is 9.52 Å². The highest BCUT2D eigenvalue weighted by Crippen LogP contribution is 2.20. The van der Waals surface area contributed by atoms with Crippen molar-refractivity contribution < 1.29 is 14.3 Å². The third kappa shape index (κ3) is 6.03. The lowest BCUT2D eigenvalue weighted by Crippen LogP contribution is -2.31. The number of methoxy groups -OCH3 is 1. The van der Waals surface area contributed by atoms with Crippen LogP contribution in [0.2, 0.25) is 5.54 Å². The van der Waals surface area contributed by atoms with Crippen LogP contribution in [0, 0.1) is 0 Å². The van der Waals surface area contributed by atoms with Crippen molar-refractivity contribution in [2.24, 2.45) is 0 Å². The van der Waals surface area contributed by atoms with E-state index in [1.54, 1.807) is 14.0 Å². The molecule has 0 bridgehead atoms. The molecule has 0 rings (SSSR count). The molecule has 0 saturated heterocycles. The Morgan fingerprint density at radius 3 is 2.29 bits per heavy atom. The van der Waals surface area contributed by atoms with Crippen LogP contribution in [-0.4, -0.2) is 34.4 Å². The molecular formula is C13H26O3Si. The van der Waals surface area contributed by atoms with Crippen LogP contribution >= 0.6 is 0 Å². The molecule has 17 heavy (non-hydrogen) atoms. The van der Waals surface area contributed by atoms with E-state index in [-0.39, 0.29) is 17.8 Å². The Morgan fingerprint density at radius 1 is 1.35 bits per heavy atom. The van der Waals surface area contributed by atoms with Gasteiger partial charge in [0, 0.05) is 12.7 Å². The van der Waals surface area contributed by atoms with E-state index >= 15 is 0 Å². The first-order valence-corrected chi connectivity index (χ1v) is 7.98. The number of carbonyl (C=O) groups excluding carboxylic acids is 1. The van der Waals surface area contributed by atoms with Gasteiger partial charge in [0.15, 0.2) is 0 Å². The Balaban J connectivity index is 4.36. The molecule has 3 unspecified atom stereocenters. The lowest BCUT2D eigenvalue weighted by Gasteiger charge is -2.25. The van der Waals surface area contributed by atoms with Crippen LogP contribution in [0.4, 0.5) is 0 Å². The van der Waals surface area contributed by atoms with Gasteiger partial charge in [-0.3, -0.25) is 0 Å². The minimum Gasteiger partial charge on any atom is -0.464 e. The fraction of sp³-hybridized carbons (Fsp3) is 0.769. The number of ether oxygens (including phenoxy) is 2. The Hall–Kier alpha value is -0.613. The van der Waals surface area contributed by atoms with E-state index in [2.05, 4.69) is 27.4 Å². The van der Waals surface area contributed by atoms with Crippen LogP contribution in [0.3, 0.4) is 0 Å². The zero-order valence-corrected chi connectivity index (χ0v) is 13.2. The first kappa shape index (κ1) is 16.4. The van der Waals surface area contributed by atoms with Crippen LogP contribution in [-0.2, 0) is 14.3 Å². The van der Waals surface area contributed by atoms with Gasteiger partial charge >= 0.3 is 5.97 Å². The quantitative estimate of drug-likeness (QED) is 0.380. The molecule has 0 aliphatic heterocycles. The SMILES string of the molecule is C=C(C)C(=O)OC(CC)[SiH2]C(CC)C(C)OC. The zero-order chi connectivity index (χ0) is 13.4. The molecule has 3 nitrogen and oxygen atoms in total. The molecule has 4 heteroatoms. The van der Waals surface area contributed by atoms with Gasteiger partial charge in [-0.15, -0.1) is 0 Å². The van der Waals surface area contributed by atoms with Crippen molar-refractivity contribution in [2.45, 2.75) is 57.9 Å². The molecule has 0 amide bonds. The van der Waals surface area contributed by atoms with E-state index in [4.69, 9.17) is 9.47 Å². The molecule has 0 saturated carbocycles. The maximum absolute atomic E-state index is 11.5. The van der Waals surface area contributed by atoms with Crippen LogP contribution in [0.5, 0.6) is 0 Å². The highest BCUT2D eigenvalue weighted by Gasteiger charge is 2.22. The fourth-order valence-electron chi connectivity index (χ4n) is 1.77. The molecule has 0 aromatic heterocycles. The molecule has 0 heterocycles. The lowest BCUT2D eigenvalue weighted by molar-refractivity contribution is -0.141. The molecule has 0 fully saturated rings.